The first kappa shape index (κ1) is 10.3. The second-order valence-corrected chi connectivity index (χ2v) is 4.90. The maximum Gasteiger partial charge on any atom is 0.0870 e. The van der Waals surface area contributed by atoms with E-state index in [-0.39, 0.29) is 5.54 Å². The molecule has 0 radical (unpaired) electrons. The summed E-state index contributed by atoms with van der Waals surface area (Å²) in [6.45, 7) is 9.75. The van der Waals surface area contributed by atoms with E-state index in [0.717, 1.165) is 5.56 Å². The Labute approximate surface area is 79.4 Å². The number of rotatable bonds is 1. The van der Waals surface area contributed by atoms with Crippen LogP contribution in [0.5, 0.6) is 0 Å². The third kappa shape index (κ3) is 2.31. The minimum Gasteiger partial charge on any atom is -0.386 e. The van der Waals surface area contributed by atoms with E-state index < -0.39 is 5.60 Å². The quantitative estimate of drug-likeness (QED) is 0.720. The molecule has 0 unspecified atom stereocenters. The molecule has 13 heavy (non-hydrogen) atoms. The van der Waals surface area contributed by atoms with Crippen molar-refractivity contribution in [3.63, 3.8) is 0 Å². The summed E-state index contributed by atoms with van der Waals surface area (Å²) in [7, 11) is 0. The minimum atomic E-state index is -0.802. The van der Waals surface area contributed by atoms with Crippen LogP contribution in [0.2, 0.25) is 0 Å². The van der Waals surface area contributed by atoms with Crippen molar-refractivity contribution in [3.05, 3.63) is 18.0 Å². The van der Waals surface area contributed by atoms with Crippen LogP contribution < -0.4 is 0 Å². The van der Waals surface area contributed by atoms with Crippen molar-refractivity contribution in [2.45, 2.75) is 45.8 Å². The van der Waals surface area contributed by atoms with E-state index in [1.54, 1.807) is 20.0 Å². The van der Waals surface area contributed by atoms with Gasteiger partial charge in [0.05, 0.1) is 17.3 Å². The van der Waals surface area contributed by atoms with Gasteiger partial charge in [-0.3, -0.25) is 4.68 Å². The van der Waals surface area contributed by atoms with Crippen LogP contribution in [0.25, 0.3) is 0 Å². The predicted molar refractivity (Wildman–Crippen MR) is 52.5 cm³/mol. The highest BCUT2D eigenvalue weighted by molar-refractivity contribution is 5.13. The molecule has 0 aromatic carbocycles. The molecule has 3 heteroatoms. The summed E-state index contributed by atoms with van der Waals surface area (Å²) < 4.78 is 1.86. The molecule has 1 aromatic rings. The first-order valence-electron chi connectivity index (χ1n) is 4.49. The molecule has 1 aromatic heterocycles. The standard InChI is InChI=1S/C10H18N2O/c1-9(2,3)12-7-8(6-11-12)10(4,5)13/h6-7,13H,1-5H3. The smallest absolute Gasteiger partial charge is 0.0870 e. The van der Waals surface area contributed by atoms with Crippen LogP contribution in [-0.4, -0.2) is 14.9 Å². The van der Waals surface area contributed by atoms with Gasteiger partial charge in [0.1, 0.15) is 0 Å². The Hall–Kier alpha value is -0.830. The van der Waals surface area contributed by atoms with Crippen LogP contribution in [0.3, 0.4) is 0 Å². The summed E-state index contributed by atoms with van der Waals surface area (Å²) in [5.74, 6) is 0. The van der Waals surface area contributed by atoms with E-state index in [1.165, 1.54) is 0 Å². The van der Waals surface area contributed by atoms with E-state index in [1.807, 2.05) is 10.9 Å². The van der Waals surface area contributed by atoms with Gasteiger partial charge in [-0.1, -0.05) is 0 Å². The molecule has 0 aliphatic heterocycles. The molecular formula is C10H18N2O. The van der Waals surface area contributed by atoms with Crippen LogP contribution in [0.15, 0.2) is 12.4 Å². The predicted octanol–water partition coefficient (Wildman–Crippen LogP) is 1.87. The zero-order chi connectivity index (χ0) is 10.3. The number of hydrogen-bond donors (Lipinski definition) is 1. The van der Waals surface area contributed by atoms with Gasteiger partial charge < -0.3 is 5.11 Å². The average molecular weight is 182 g/mol. The van der Waals surface area contributed by atoms with Gasteiger partial charge in [-0.25, -0.2) is 0 Å². The summed E-state index contributed by atoms with van der Waals surface area (Å²) in [6.07, 6.45) is 3.60. The Balaban J connectivity index is 3.01. The van der Waals surface area contributed by atoms with Crippen molar-refractivity contribution in [2.24, 2.45) is 0 Å². The highest BCUT2D eigenvalue weighted by Crippen LogP contribution is 2.21. The topological polar surface area (TPSA) is 38.1 Å². The molecule has 0 saturated heterocycles. The molecule has 1 rings (SSSR count). The summed E-state index contributed by atoms with van der Waals surface area (Å²) >= 11 is 0. The Kier molecular flexibility index (Phi) is 2.24. The van der Waals surface area contributed by atoms with E-state index in [0.29, 0.717) is 0 Å². The monoisotopic (exact) mass is 182 g/mol. The Morgan fingerprint density at radius 2 is 1.77 bits per heavy atom. The van der Waals surface area contributed by atoms with Crippen LogP contribution in [-0.2, 0) is 11.1 Å². The molecular weight excluding hydrogens is 164 g/mol. The second kappa shape index (κ2) is 2.84. The highest BCUT2D eigenvalue weighted by Gasteiger charge is 2.21. The third-order valence-electron chi connectivity index (χ3n) is 1.98. The van der Waals surface area contributed by atoms with Crippen LogP contribution >= 0.6 is 0 Å². The number of aromatic nitrogens is 2. The molecule has 1 N–H and O–H groups in total. The van der Waals surface area contributed by atoms with Gasteiger partial charge in [0, 0.05) is 11.8 Å². The lowest BCUT2D eigenvalue weighted by molar-refractivity contribution is 0.0783. The fourth-order valence-electron chi connectivity index (χ4n) is 1.01. The van der Waals surface area contributed by atoms with Crippen molar-refractivity contribution >= 4 is 0 Å². The van der Waals surface area contributed by atoms with Crippen molar-refractivity contribution in [1.29, 1.82) is 0 Å². The summed E-state index contributed by atoms with van der Waals surface area (Å²) in [6, 6.07) is 0. The molecule has 0 bridgehead atoms. The molecule has 1 heterocycles. The van der Waals surface area contributed by atoms with Gasteiger partial charge >= 0.3 is 0 Å². The van der Waals surface area contributed by atoms with Crippen LogP contribution in [0.4, 0.5) is 0 Å². The number of aliphatic hydroxyl groups is 1. The third-order valence-corrected chi connectivity index (χ3v) is 1.98. The molecule has 3 nitrogen and oxygen atoms in total. The highest BCUT2D eigenvalue weighted by atomic mass is 16.3. The van der Waals surface area contributed by atoms with Crippen molar-refractivity contribution in [2.75, 3.05) is 0 Å². The Morgan fingerprint density at radius 1 is 1.23 bits per heavy atom. The van der Waals surface area contributed by atoms with Gasteiger partial charge in [0.15, 0.2) is 0 Å². The fourth-order valence-corrected chi connectivity index (χ4v) is 1.01. The normalized spacial score (nSPS) is 13.4. The largest absolute Gasteiger partial charge is 0.386 e. The van der Waals surface area contributed by atoms with E-state index in [2.05, 4.69) is 25.9 Å². The lowest BCUT2D eigenvalue weighted by Crippen LogP contribution is -2.22. The fraction of sp³-hybridized carbons (Fsp3) is 0.700. The average Bonchev–Trinajstić information content (AvgIpc) is 2.28. The van der Waals surface area contributed by atoms with E-state index >= 15 is 0 Å². The van der Waals surface area contributed by atoms with Gasteiger partial charge in [0.2, 0.25) is 0 Å². The maximum absolute atomic E-state index is 9.71. The molecule has 0 amide bonds. The summed E-state index contributed by atoms with van der Waals surface area (Å²) in [5.41, 5.74) is 0.0231. The zero-order valence-electron chi connectivity index (χ0n) is 9.00. The maximum atomic E-state index is 9.71. The molecule has 0 aliphatic rings. The lowest BCUT2D eigenvalue weighted by Gasteiger charge is -2.19. The molecule has 0 fully saturated rings. The zero-order valence-corrected chi connectivity index (χ0v) is 9.00. The van der Waals surface area contributed by atoms with Crippen molar-refractivity contribution in [1.82, 2.24) is 9.78 Å². The van der Waals surface area contributed by atoms with Crippen molar-refractivity contribution < 1.29 is 5.11 Å². The second-order valence-electron chi connectivity index (χ2n) is 4.90. The van der Waals surface area contributed by atoms with Crippen molar-refractivity contribution in [3.8, 4) is 0 Å². The number of hydrogen-bond acceptors (Lipinski definition) is 2. The van der Waals surface area contributed by atoms with Gasteiger partial charge in [-0.15, -0.1) is 0 Å². The molecule has 0 saturated carbocycles. The molecule has 0 atom stereocenters. The van der Waals surface area contributed by atoms with Gasteiger partial charge in [-0.2, -0.15) is 5.10 Å². The lowest BCUT2D eigenvalue weighted by atomic mass is 10.0. The van der Waals surface area contributed by atoms with Crippen LogP contribution in [0, 0.1) is 0 Å². The minimum absolute atomic E-state index is 0.0243. The van der Waals surface area contributed by atoms with Gasteiger partial charge in [-0.05, 0) is 34.6 Å². The number of nitrogens with zero attached hydrogens (tertiary/aromatic N) is 2. The van der Waals surface area contributed by atoms with E-state index in [4.69, 9.17) is 0 Å². The first-order chi connectivity index (χ1) is 5.71. The summed E-state index contributed by atoms with van der Waals surface area (Å²) in [4.78, 5) is 0. The summed E-state index contributed by atoms with van der Waals surface area (Å²) in [5, 5.41) is 13.9. The molecule has 0 aliphatic carbocycles. The Bertz CT molecular complexity index is 260. The SMILES string of the molecule is CC(C)(O)c1cnn(C(C)(C)C)c1. The van der Waals surface area contributed by atoms with E-state index in [9.17, 15) is 5.11 Å². The molecule has 0 spiro atoms. The first-order valence-corrected chi connectivity index (χ1v) is 4.49. The molecule has 74 valence electrons. The Morgan fingerprint density at radius 3 is 2.00 bits per heavy atom. The van der Waals surface area contributed by atoms with Gasteiger partial charge in [0.25, 0.3) is 0 Å². The van der Waals surface area contributed by atoms with Crippen LogP contribution in [0.1, 0.15) is 40.2 Å².